The van der Waals surface area contributed by atoms with Crippen molar-refractivity contribution < 1.29 is 14.2 Å². The number of rotatable bonds is 9. The van der Waals surface area contributed by atoms with E-state index in [9.17, 15) is 0 Å². The van der Waals surface area contributed by atoms with Crippen molar-refractivity contribution in [3.8, 4) is 22.9 Å². The van der Waals surface area contributed by atoms with E-state index in [4.69, 9.17) is 37.4 Å². The minimum atomic E-state index is 0.133. The molecule has 0 saturated carbocycles. The first-order valence-corrected chi connectivity index (χ1v) is 10.5. The van der Waals surface area contributed by atoms with Crippen molar-refractivity contribution in [1.29, 1.82) is 0 Å². The maximum atomic E-state index is 6.47. The van der Waals surface area contributed by atoms with Crippen molar-refractivity contribution >= 4 is 23.2 Å². The Morgan fingerprint density at radius 2 is 1.78 bits per heavy atom. The summed E-state index contributed by atoms with van der Waals surface area (Å²) in [7, 11) is 1.55. The zero-order valence-corrected chi connectivity index (χ0v) is 18.8. The van der Waals surface area contributed by atoms with E-state index < -0.39 is 0 Å². The Balaban J connectivity index is 1.57. The van der Waals surface area contributed by atoms with Gasteiger partial charge in [-0.05, 0) is 52.4 Å². The Morgan fingerprint density at radius 3 is 2.56 bits per heavy atom. The number of benzene rings is 3. The fourth-order valence-electron chi connectivity index (χ4n) is 3.11. The topological polar surface area (TPSA) is 71.3 Å². The van der Waals surface area contributed by atoms with Crippen LogP contribution in [0.3, 0.4) is 0 Å². The van der Waals surface area contributed by atoms with E-state index in [1.54, 1.807) is 36.1 Å². The van der Waals surface area contributed by atoms with Gasteiger partial charge in [-0.15, -0.1) is 5.10 Å². The second-order valence-electron chi connectivity index (χ2n) is 6.88. The smallest absolute Gasteiger partial charge is 0.188 e. The highest BCUT2D eigenvalue weighted by atomic mass is 35.5. The van der Waals surface area contributed by atoms with E-state index in [1.807, 2.05) is 42.5 Å². The van der Waals surface area contributed by atoms with Crippen LogP contribution in [0.1, 0.15) is 11.1 Å². The van der Waals surface area contributed by atoms with Crippen LogP contribution in [0.5, 0.6) is 11.5 Å². The quantitative estimate of drug-likeness (QED) is 0.310. The summed E-state index contributed by atoms with van der Waals surface area (Å²) < 4.78 is 18.1. The lowest BCUT2D eigenvalue weighted by atomic mass is 10.1. The minimum absolute atomic E-state index is 0.133. The first-order chi connectivity index (χ1) is 15.6. The van der Waals surface area contributed by atoms with Crippen molar-refractivity contribution in [1.82, 2.24) is 20.2 Å². The Labute approximate surface area is 195 Å². The van der Waals surface area contributed by atoms with Gasteiger partial charge in [0.15, 0.2) is 12.6 Å². The van der Waals surface area contributed by atoms with E-state index in [-0.39, 0.29) is 6.79 Å². The van der Waals surface area contributed by atoms with Gasteiger partial charge >= 0.3 is 0 Å². The first-order valence-electron chi connectivity index (χ1n) is 9.77. The van der Waals surface area contributed by atoms with E-state index >= 15 is 0 Å². The minimum Gasteiger partial charge on any atom is -0.489 e. The molecule has 0 spiro atoms. The van der Waals surface area contributed by atoms with Crippen molar-refractivity contribution in [2.24, 2.45) is 0 Å². The van der Waals surface area contributed by atoms with Gasteiger partial charge in [0.25, 0.3) is 0 Å². The molecule has 7 nitrogen and oxygen atoms in total. The van der Waals surface area contributed by atoms with E-state index in [0.29, 0.717) is 46.1 Å². The van der Waals surface area contributed by atoms with Crippen LogP contribution in [0.4, 0.5) is 0 Å². The van der Waals surface area contributed by atoms with Crippen molar-refractivity contribution in [3.63, 3.8) is 0 Å². The van der Waals surface area contributed by atoms with Crippen LogP contribution in [0.25, 0.3) is 11.4 Å². The highest BCUT2D eigenvalue weighted by molar-refractivity contribution is 6.33. The van der Waals surface area contributed by atoms with Gasteiger partial charge in [-0.3, -0.25) is 0 Å². The Bertz CT molecular complexity index is 1190. The van der Waals surface area contributed by atoms with Crippen LogP contribution in [0.2, 0.25) is 10.0 Å². The number of hydrogen-bond donors (Lipinski definition) is 0. The molecule has 0 aliphatic carbocycles. The molecule has 0 bridgehead atoms. The lowest BCUT2D eigenvalue weighted by Gasteiger charge is -2.13. The van der Waals surface area contributed by atoms with Gasteiger partial charge < -0.3 is 14.2 Å². The largest absolute Gasteiger partial charge is 0.489 e. The molecule has 1 heterocycles. The first kappa shape index (κ1) is 22.1. The summed E-state index contributed by atoms with van der Waals surface area (Å²) in [4.78, 5) is 0. The molecule has 4 aromatic rings. The average Bonchev–Trinajstić information content (AvgIpc) is 3.25. The Morgan fingerprint density at radius 1 is 0.938 bits per heavy atom. The van der Waals surface area contributed by atoms with Crippen LogP contribution in [-0.4, -0.2) is 34.1 Å². The third-order valence-corrected chi connectivity index (χ3v) is 5.18. The molecule has 0 saturated heterocycles. The molecule has 0 atom stereocenters. The average molecular weight is 471 g/mol. The van der Waals surface area contributed by atoms with Crippen LogP contribution < -0.4 is 9.47 Å². The normalized spacial score (nSPS) is 10.8. The number of ether oxygens (including phenoxy) is 3. The second kappa shape index (κ2) is 10.5. The molecule has 4 rings (SSSR count). The maximum Gasteiger partial charge on any atom is 0.188 e. The fourth-order valence-corrected chi connectivity index (χ4v) is 3.56. The van der Waals surface area contributed by atoms with E-state index in [0.717, 1.165) is 11.1 Å². The van der Waals surface area contributed by atoms with Crippen molar-refractivity contribution in [2.75, 3.05) is 13.9 Å². The summed E-state index contributed by atoms with van der Waals surface area (Å²) in [6, 6.07) is 20.7. The lowest BCUT2D eigenvalue weighted by Crippen LogP contribution is -2.07. The fraction of sp³-hybridized carbons (Fsp3) is 0.174. The third kappa shape index (κ3) is 5.37. The summed E-state index contributed by atoms with van der Waals surface area (Å²) in [6.07, 6.45) is 0. The molecule has 0 radical (unpaired) electrons. The lowest BCUT2D eigenvalue weighted by molar-refractivity contribution is 0.0511. The molecule has 164 valence electrons. The highest BCUT2D eigenvalue weighted by Crippen LogP contribution is 2.31. The molecule has 0 N–H and O–H groups in total. The summed E-state index contributed by atoms with van der Waals surface area (Å²) in [5, 5.41) is 13.2. The van der Waals surface area contributed by atoms with Gasteiger partial charge in [0.05, 0.1) is 11.6 Å². The molecule has 32 heavy (non-hydrogen) atoms. The second-order valence-corrected chi connectivity index (χ2v) is 7.72. The third-order valence-electron chi connectivity index (χ3n) is 4.64. The van der Waals surface area contributed by atoms with Crippen LogP contribution in [0.15, 0.2) is 66.7 Å². The molecule has 0 fully saturated rings. The SMILES string of the molecule is COCOc1ccc(-c2nnnn2Cc2cc(Cl)ccc2OCc2ccccc2)c(Cl)c1. The van der Waals surface area contributed by atoms with Crippen LogP contribution in [-0.2, 0) is 17.9 Å². The Kier molecular flexibility index (Phi) is 7.21. The van der Waals surface area contributed by atoms with Gasteiger partial charge in [-0.1, -0.05) is 53.5 Å². The van der Waals surface area contributed by atoms with E-state index in [1.165, 1.54) is 0 Å². The van der Waals surface area contributed by atoms with Gasteiger partial charge in [0, 0.05) is 23.3 Å². The zero-order valence-electron chi connectivity index (χ0n) is 17.2. The molecule has 0 aliphatic heterocycles. The summed E-state index contributed by atoms with van der Waals surface area (Å²) in [6.45, 7) is 0.923. The zero-order chi connectivity index (χ0) is 22.3. The Hall–Kier alpha value is -3.13. The molecule has 0 unspecified atom stereocenters. The maximum absolute atomic E-state index is 6.47. The molecule has 3 aromatic carbocycles. The number of methoxy groups -OCH3 is 1. The summed E-state index contributed by atoms with van der Waals surface area (Å²) in [5.41, 5.74) is 2.59. The van der Waals surface area contributed by atoms with Crippen molar-refractivity contribution in [3.05, 3.63) is 87.9 Å². The van der Waals surface area contributed by atoms with Gasteiger partial charge in [-0.2, -0.15) is 0 Å². The highest BCUT2D eigenvalue weighted by Gasteiger charge is 2.16. The molecule has 9 heteroatoms. The summed E-state index contributed by atoms with van der Waals surface area (Å²) >= 11 is 12.7. The van der Waals surface area contributed by atoms with Gasteiger partial charge in [-0.25, -0.2) is 4.68 Å². The standard InChI is InChI=1S/C23H20Cl2N4O3/c1-30-15-32-19-8-9-20(21(25)12-19)23-26-27-28-29(23)13-17-11-18(24)7-10-22(17)31-14-16-5-3-2-4-6-16/h2-12H,13-15H2,1H3. The predicted molar refractivity (Wildman–Crippen MR) is 122 cm³/mol. The molecular weight excluding hydrogens is 451 g/mol. The van der Waals surface area contributed by atoms with E-state index in [2.05, 4.69) is 15.5 Å². The van der Waals surface area contributed by atoms with Gasteiger partial charge in [0.2, 0.25) is 0 Å². The van der Waals surface area contributed by atoms with Gasteiger partial charge in [0.1, 0.15) is 18.1 Å². The van der Waals surface area contributed by atoms with Crippen LogP contribution >= 0.6 is 23.2 Å². The number of nitrogens with zero attached hydrogens (tertiary/aromatic N) is 4. The van der Waals surface area contributed by atoms with Crippen molar-refractivity contribution in [2.45, 2.75) is 13.2 Å². The molecule has 1 aromatic heterocycles. The molecule has 0 amide bonds. The number of aromatic nitrogens is 4. The van der Waals surface area contributed by atoms with Crippen LogP contribution in [0, 0.1) is 0 Å². The molecular formula is C23H20Cl2N4O3. The number of tetrazole rings is 1. The number of halogens is 2. The monoisotopic (exact) mass is 470 g/mol. The predicted octanol–water partition coefficient (Wildman–Crippen LogP) is 5.26. The number of hydrogen-bond acceptors (Lipinski definition) is 6. The molecule has 0 aliphatic rings. The summed E-state index contributed by atoms with van der Waals surface area (Å²) in [5.74, 6) is 1.81.